The third kappa shape index (κ3) is 2.72. The number of hydrogen-bond acceptors (Lipinski definition) is 3. The van der Waals surface area contributed by atoms with Crippen molar-refractivity contribution >= 4 is 27.5 Å². The van der Waals surface area contributed by atoms with Gasteiger partial charge in [0.05, 0.1) is 10.3 Å². The van der Waals surface area contributed by atoms with E-state index in [1.165, 1.54) is 6.07 Å². The monoisotopic (exact) mass is 363 g/mol. The highest BCUT2D eigenvalue weighted by atomic mass is 35.5. The van der Waals surface area contributed by atoms with E-state index in [0.717, 1.165) is 11.1 Å². The van der Waals surface area contributed by atoms with Gasteiger partial charge in [0.2, 0.25) is 5.91 Å². The standard InChI is InChI=1S/C18H18ClNO3S/c1-12-6-3-4-9-16(12)24(22,23)20-17(21)18(2)11-10-13-14(18)7-5-8-15(13)19/h3-9H,10-11H2,1-2H3,(H,20,21). The highest BCUT2D eigenvalue weighted by Crippen LogP contribution is 2.42. The number of halogens is 1. The Hall–Kier alpha value is -1.85. The van der Waals surface area contributed by atoms with Crippen LogP contribution in [0, 0.1) is 6.92 Å². The van der Waals surface area contributed by atoms with Crippen LogP contribution in [0.3, 0.4) is 0 Å². The van der Waals surface area contributed by atoms with E-state index in [1.54, 1.807) is 44.2 Å². The average molecular weight is 364 g/mol. The Kier molecular flexibility index (Phi) is 4.18. The first kappa shape index (κ1) is 17.0. The van der Waals surface area contributed by atoms with E-state index < -0.39 is 21.3 Å². The first-order valence-corrected chi connectivity index (χ1v) is 9.52. The summed E-state index contributed by atoms with van der Waals surface area (Å²) in [4.78, 5) is 12.9. The van der Waals surface area contributed by atoms with E-state index in [9.17, 15) is 13.2 Å². The number of fused-ring (bicyclic) bond motifs is 1. The molecular formula is C18H18ClNO3S. The van der Waals surface area contributed by atoms with Crippen LogP contribution >= 0.6 is 11.6 Å². The number of hydrogen-bond donors (Lipinski definition) is 1. The second-order valence-electron chi connectivity index (χ2n) is 6.30. The number of nitrogens with one attached hydrogen (secondary N) is 1. The number of benzene rings is 2. The fourth-order valence-corrected chi connectivity index (χ4v) is 4.82. The van der Waals surface area contributed by atoms with Crippen molar-refractivity contribution in [3.8, 4) is 0 Å². The summed E-state index contributed by atoms with van der Waals surface area (Å²) in [6.45, 7) is 3.46. The molecule has 0 aliphatic heterocycles. The minimum absolute atomic E-state index is 0.117. The summed E-state index contributed by atoms with van der Waals surface area (Å²) in [6, 6.07) is 12.0. The molecule has 0 fully saturated rings. The molecule has 0 spiro atoms. The number of rotatable bonds is 3. The Labute approximate surface area is 146 Å². The van der Waals surface area contributed by atoms with Crippen LogP contribution in [0.1, 0.15) is 30.0 Å². The quantitative estimate of drug-likeness (QED) is 0.909. The van der Waals surface area contributed by atoms with Crippen molar-refractivity contribution in [2.24, 2.45) is 0 Å². The number of sulfonamides is 1. The molecule has 0 heterocycles. The summed E-state index contributed by atoms with van der Waals surface area (Å²) in [7, 11) is -3.91. The van der Waals surface area contributed by atoms with Gasteiger partial charge in [-0.2, -0.15) is 0 Å². The predicted octanol–water partition coefficient (Wildman–Crippen LogP) is 3.36. The molecule has 1 unspecified atom stereocenters. The largest absolute Gasteiger partial charge is 0.273 e. The zero-order valence-corrected chi connectivity index (χ0v) is 15.0. The zero-order chi connectivity index (χ0) is 17.5. The number of aryl methyl sites for hydroxylation is 1. The van der Waals surface area contributed by atoms with Crippen LogP contribution in [-0.2, 0) is 26.7 Å². The van der Waals surface area contributed by atoms with Crippen molar-refractivity contribution in [2.75, 3.05) is 0 Å². The van der Waals surface area contributed by atoms with E-state index in [2.05, 4.69) is 4.72 Å². The normalized spacial score (nSPS) is 19.8. The Morgan fingerprint density at radius 1 is 1.17 bits per heavy atom. The van der Waals surface area contributed by atoms with Gasteiger partial charge in [-0.25, -0.2) is 13.1 Å². The minimum Gasteiger partial charge on any atom is -0.273 e. The first-order chi connectivity index (χ1) is 11.3. The molecule has 0 saturated heterocycles. The van der Waals surface area contributed by atoms with Gasteiger partial charge in [0.15, 0.2) is 0 Å². The Bertz CT molecular complexity index is 924. The van der Waals surface area contributed by atoms with E-state index in [-0.39, 0.29) is 4.90 Å². The van der Waals surface area contributed by atoms with Crippen molar-refractivity contribution in [1.82, 2.24) is 4.72 Å². The smallest absolute Gasteiger partial charge is 0.264 e. The van der Waals surface area contributed by atoms with Crippen LogP contribution in [0.25, 0.3) is 0 Å². The molecule has 1 aliphatic carbocycles. The maximum absolute atomic E-state index is 12.8. The molecule has 0 saturated carbocycles. The second kappa shape index (κ2) is 5.90. The lowest BCUT2D eigenvalue weighted by Crippen LogP contribution is -2.43. The van der Waals surface area contributed by atoms with Gasteiger partial charge in [0.1, 0.15) is 0 Å². The molecular weight excluding hydrogens is 346 g/mol. The van der Waals surface area contributed by atoms with Crippen LogP contribution < -0.4 is 4.72 Å². The number of amides is 1. The molecule has 4 nitrogen and oxygen atoms in total. The molecule has 1 aliphatic rings. The van der Waals surface area contributed by atoms with Crippen molar-refractivity contribution in [3.63, 3.8) is 0 Å². The van der Waals surface area contributed by atoms with E-state index in [1.807, 2.05) is 6.07 Å². The van der Waals surface area contributed by atoms with E-state index in [0.29, 0.717) is 23.4 Å². The molecule has 6 heteroatoms. The second-order valence-corrected chi connectivity index (χ2v) is 8.36. The summed E-state index contributed by atoms with van der Waals surface area (Å²) in [6.07, 6.45) is 1.19. The molecule has 24 heavy (non-hydrogen) atoms. The maximum Gasteiger partial charge on any atom is 0.264 e. The van der Waals surface area contributed by atoms with Crippen molar-refractivity contribution in [1.29, 1.82) is 0 Å². The molecule has 1 atom stereocenters. The fourth-order valence-electron chi connectivity index (χ4n) is 3.22. The molecule has 2 aromatic rings. The molecule has 0 bridgehead atoms. The van der Waals surface area contributed by atoms with Crippen LogP contribution in [0.2, 0.25) is 5.02 Å². The van der Waals surface area contributed by atoms with Gasteiger partial charge in [0.25, 0.3) is 10.0 Å². The fraction of sp³-hybridized carbons (Fsp3) is 0.278. The molecule has 1 amide bonds. The highest BCUT2D eigenvalue weighted by molar-refractivity contribution is 7.90. The van der Waals surface area contributed by atoms with Gasteiger partial charge < -0.3 is 0 Å². The molecule has 1 N–H and O–H groups in total. The van der Waals surface area contributed by atoms with E-state index in [4.69, 9.17) is 11.6 Å². The van der Waals surface area contributed by atoms with Crippen LogP contribution in [0.4, 0.5) is 0 Å². The molecule has 0 aromatic heterocycles. The average Bonchev–Trinajstić information content (AvgIpc) is 2.87. The summed E-state index contributed by atoms with van der Waals surface area (Å²) < 4.78 is 27.4. The summed E-state index contributed by atoms with van der Waals surface area (Å²) >= 11 is 6.20. The maximum atomic E-state index is 12.8. The number of carbonyl (C=O) groups excluding carboxylic acids is 1. The SMILES string of the molecule is Cc1ccccc1S(=O)(=O)NC(=O)C1(C)CCc2c(Cl)cccc21. The third-order valence-electron chi connectivity index (χ3n) is 4.70. The van der Waals surface area contributed by atoms with Crippen molar-refractivity contribution in [3.05, 3.63) is 64.2 Å². The number of carbonyl (C=O) groups is 1. The van der Waals surface area contributed by atoms with Gasteiger partial charge in [-0.1, -0.05) is 41.9 Å². The first-order valence-electron chi connectivity index (χ1n) is 7.66. The Balaban J connectivity index is 1.95. The minimum atomic E-state index is -3.91. The van der Waals surface area contributed by atoms with Gasteiger partial charge in [-0.3, -0.25) is 4.79 Å². The molecule has 0 radical (unpaired) electrons. The Morgan fingerprint density at radius 2 is 1.88 bits per heavy atom. The lowest BCUT2D eigenvalue weighted by atomic mass is 9.83. The summed E-state index contributed by atoms with van der Waals surface area (Å²) in [5, 5.41) is 0.616. The van der Waals surface area contributed by atoms with Crippen molar-refractivity contribution in [2.45, 2.75) is 37.0 Å². The van der Waals surface area contributed by atoms with Gasteiger partial charge in [0, 0.05) is 5.02 Å². The molecule has 126 valence electrons. The molecule has 2 aromatic carbocycles. The third-order valence-corrected chi connectivity index (χ3v) is 6.54. The van der Waals surface area contributed by atoms with Crippen LogP contribution in [-0.4, -0.2) is 14.3 Å². The van der Waals surface area contributed by atoms with Crippen molar-refractivity contribution < 1.29 is 13.2 Å². The van der Waals surface area contributed by atoms with E-state index >= 15 is 0 Å². The van der Waals surface area contributed by atoms with Gasteiger partial charge >= 0.3 is 0 Å². The molecule has 3 rings (SSSR count). The topological polar surface area (TPSA) is 63.2 Å². The summed E-state index contributed by atoms with van der Waals surface area (Å²) in [5.74, 6) is -0.522. The predicted molar refractivity (Wildman–Crippen MR) is 93.6 cm³/mol. The highest BCUT2D eigenvalue weighted by Gasteiger charge is 2.43. The van der Waals surface area contributed by atoms with Crippen LogP contribution in [0.15, 0.2) is 47.4 Å². The summed E-state index contributed by atoms with van der Waals surface area (Å²) in [5.41, 5.74) is 1.41. The van der Waals surface area contributed by atoms with Gasteiger partial charge in [-0.15, -0.1) is 0 Å². The Morgan fingerprint density at radius 3 is 2.58 bits per heavy atom. The van der Waals surface area contributed by atoms with Gasteiger partial charge in [-0.05, 0) is 55.5 Å². The lowest BCUT2D eigenvalue weighted by Gasteiger charge is -2.24. The zero-order valence-electron chi connectivity index (χ0n) is 13.5. The lowest BCUT2D eigenvalue weighted by molar-refractivity contribution is -0.124. The van der Waals surface area contributed by atoms with Crippen LogP contribution in [0.5, 0.6) is 0 Å².